The van der Waals surface area contributed by atoms with E-state index in [9.17, 15) is 5.11 Å². The molecular formula is C12H19NO2. The second-order valence-electron chi connectivity index (χ2n) is 3.85. The van der Waals surface area contributed by atoms with E-state index in [-0.39, 0.29) is 6.54 Å². The van der Waals surface area contributed by atoms with Crippen molar-refractivity contribution < 1.29 is 9.84 Å². The molecule has 3 heteroatoms. The molecule has 1 unspecified atom stereocenters. The molecule has 0 bridgehead atoms. The highest BCUT2D eigenvalue weighted by Gasteiger charge is 2.02. The van der Waals surface area contributed by atoms with Crippen molar-refractivity contribution in [2.75, 3.05) is 13.2 Å². The fourth-order valence-electron chi connectivity index (χ4n) is 1.45. The van der Waals surface area contributed by atoms with Crippen LogP contribution in [0.4, 0.5) is 0 Å². The van der Waals surface area contributed by atoms with Crippen LogP contribution in [-0.2, 0) is 0 Å². The van der Waals surface area contributed by atoms with Gasteiger partial charge in [0.2, 0.25) is 0 Å². The highest BCUT2D eigenvalue weighted by Crippen LogP contribution is 2.16. The van der Waals surface area contributed by atoms with Crippen molar-refractivity contribution in [1.29, 1.82) is 0 Å². The standard InChI is InChI=1S/C12H19NO2/c1-9-5-10(2)7-12(6-9)15-4-3-11(14)8-13/h5-7,11,14H,3-4,8,13H2,1-2H3. The maximum atomic E-state index is 9.24. The molecule has 0 aliphatic rings. The molecule has 15 heavy (non-hydrogen) atoms. The average molecular weight is 209 g/mol. The van der Waals surface area contributed by atoms with E-state index in [1.807, 2.05) is 26.0 Å². The van der Waals surface area contributed by atoms with E-state index in [2.05, 4.69) is 6.07 Å². The number of rotatable bonds is 5. The van der Waals surface area contributed by atoms with Gasteiger partial charge in [-0.15, -0.1) is 0 Å². The van der Waals surface area contributed by atoms with Crippen LogP contribution in [0.2, 0.25) is 0 Å². The molecule has 0 heterocycles. The molecule has 0 fully saturated rings. The van der Waals surface area contributed by atoms with Gasteiger partial charge >= 0.3 is 0 Å². The van der Waals surface area contributed by atoms with Gasteiger partial charge in [0.05, 0.1) is 12.7 Å². The van der Waals surface area contributed by atoms with Crippen LogP contribution in [0.3, 0.4) is 0 Å². The molecule has 0 aromatic heterocycles. The zero-order valence-electron chi connectivity index (χ0n) is 9.36. The van der Waals surface area contributed by atoms with Crippen LogP contribution in [0, 0.1) is 13.8 Å². The highest BCUT2D eigenvalue weighted by molar-refractivity contribution is 5.32. The SMILES string of the molecule is Cc1cc(C)cc(OCCC(O)CN)c1. The predicted molar refractivity (Wildman–Crippen MR) is 61.1 cm³/mol. The van der Waals surface area contributed by atoms with Crippen LogP contribution >= 0.6 is 0 Å². The largest absolute Gasteiger partial charge is 0.493 e. The number of aliphatic hydroxyl groups is 1. The highest BCUT2D eigenvalue weighted by atomic mass is 16.5. The molecule has 3 N–H and O–H groups in total. The Morgan fingerprint density at radius 3 is 2.40 bits per heavy atom. The van der Waals surface area contributed by atoms with E-state index in [1.54, 1.807) is 0 Å². The Bertz CT molecular complexity index is 292. The van der Waals surface area contributed by atoms with Crippen molar-refractivity contribution in [3.8, 4) is 5.75 Å². The maximum absolute atomic E-state index is 9.24. The van der Waals surface area contributed by atoms with E-state index in [0.29, 0.717) is 13.0 Å². The van der Waals surface area contributed by atoms with Gasteiger partial charge in [-0.25, -0.2) is 0 Å². The number of aliphatic hydroxyl groups excluding tert-OH is 1. The van der Waals surface area contributed by atoms with Gasteiger partial charge in [-0.3, -0.25) is 0 Å². The van der Waals surface area contributed by atoms with Crippen molar-refractivity contribution in [2.45, 2.75) is 26.4 Å². The second kappa shape index (κ2) is 5.73. The van der Waals surface area contributed by atoms with Gasteiger partial charge in [-0.05, 0) is 37.1 Å². The quantitative estimate of drug-likeness (QED) is 0.770. The van der Waals surface area contributed by atoms with Crippen LogP contribution < -0.4 is 10.5 Å². The molecular weight excluding hydrogens is 190 g/mol. The lowest BCUT2D eigenvalue weighted by Crippen LogP contribution is -2.21. The Hall–Kier alpha value is -1.06. The Morgan fingerprint density at radius 2 is 1.87 bits per heavy atom. The zero-order valence-corrected chi connectivity index (χ0v) is 9.36. The summed E-state index contributed by atoms with van der Waals surface area (Å²) in [5, 5.41) is 9.24. The van der Waals surface area contributed by atoms with E-state index < -0.39 is 6.10 Å². The molecule has 1 atom stereocenters. The monoisotopic (exact) mass is 209 g/mol. The molecule has 3 nitrogen and oxygen atoms in total. The van der Waals surface area contributed by atoms with E-state index in [0.717, 1.165) is 5.75 Å². The topological polar surface area (TPSA) is 55.5 Å². The number of nitrogens with two attached hydrogens (primary N) is 1. The molecule has 1 aromatic rings. The number of benzene rings is 1. The normalized spacial score (nSPS) is 12.5. The fraction of sp³-hybridized carbons (Fsp3) is 0.500. The van der Waals surface area contributed by atoms with Gasteiger partial charge in [-0.1, -0.05) is 6.07 Å². The summed E-state index contributed by atoms with van der Waals surface area (Å²) < 4.78 is 5.52. The third-order valence-electron chi connectivity index (χ3n) is 2.19. The molecule has 0 spiro atoms. The first-order valence-corrected chi connectivity index (χ1v) is 5.21. The van der Waals surface area contributed by atoms with Crippen LogP contribution in [0.25, 0.3) is 0 Å². The molecule has 0 aliphatic heterocycles. The fourth-order valence-corrected chi connectivity index (χ4v) is 1.45. The van der Waals surface area contributed by atoms with E-state index >= 15 is 0 Å². The van der Waals surface area contributed by atoms with Crippen molar-refractivity contribution in [3.63, 3.8) is 0 Å². The molecule has 0 saturated heterocycles. The lowest BCUT2D eigenvalue weighted by molar-refractivity contribution is 0.146. The van der Waals surface area contributed by atoms with Crippen LogP contribution in [0.1, 0.15) is 17.5 Å². The minimum absolute atomic E-state index is 0.288. The molecule has 0 radical (unpaired) electrons. The molecule has 0 saturated carbocycles. The lowest BCUT2D eigenvalue weighted by atomic mass is 10.1. The summed E-state index contributed by atoms with van der Waals surface area (Å²) >= 11 is 0. The molecule has 1 rings (SSSR count). The van der Waals surface area contributed by atoms with Crippen LogP contribution in [0.5, 0.6) is 5.75 Å². The summed E-state index contributed by atoms with van der Waals surface area (Å²) in [6.45, 7) is 4.86. The smallest absolute Gasteiger partial charge is 0.119 e. The number of aryl methyl sites for hydroxylation is 2. The van der Waals surface area contributed by atoms with Crippen LogP contribution in [-0.4, -0.2) is 24.4 Å². The van der Waals surface area contributed by atoms with Gasteiger partial charge in [0.1, 0.15) is 5.75 Å². The summed E-state index contributed by atoms with van der Waals surface area (Å²) in [6, 6.07) is 6.07. The molecule has 1 aromatic carbocycles. The van der Waals surface area contributed by atoms with Crippen molar-refractivity contribution in [2.24, 2.45) is 5.73 Å². The predicted octanol–water partition coefficient (Wildman–Crippen LogP) is 1.39. The van der Waals surface area contributed by atoms with Crippen molar-refractivity contribution in [1.82, 2.24) is 0 Å². The minimum Gasteiger partial charge on any atom is -0.493 e. The number of ether oxygens (including phenoxy) is 1. The molecule has 0 amide bonds. The summed E-state index contributed by atoms with van der Waals surface area (Å²) in [6.07, 6.45) is 0.111. The molecule has 0 aliphatic carbocycles. The van der Waals surface area contributed by atoms with Gasteiger partial charge in [0.25, 0.3) is 0 Å². The summed E-state index contributed by atoms with van der Waals surface area (Å²) in [4.78, 5) is 0. The third-order valence-corrected chi connectivity index (χ3v) is 2.19. The summed E-state index contributed by atoms with van der Waals surface area (Å²) in [7, 11) is 0. The Kier molecular flexibility index (Phi) is 4.59. The Labute approximate surface area is 90.9 Å². The van der Waals surface area contributed by atoms with Crippen molar-refractivity contribution in [3.05, 3.63) is 29.3 Å². The van der Waals surface area contributed by atoms with Crippen LogP contribution in [0.15, 0.2) is 18.2 Å². The van der Waals surface area contributed by atoms with Crippen molar-refractivity contribution >= 4 is 0 Å². The number of hydrogen-bond donors (Lipinski definition) is 2. The molecule has 84 valence electrons. The van der Waals surface area contributed by atoms with E-state index in [4.69, 9.17) is 10.5 Å². The maximum Gasteiger partial charge on any atom is 0.119 e. The zero-order chi connectivity index (χ0) is 11.3. The second-order valence-corrected chi connectivity index (χ2v) is 3.85. The van der Waals surface area contributed by atoms with Gasteiger partial charge in [0, 0.05) is 13.0 Å². The summed E-state index contributed by atoms with van der Waals surface area (Å²) in [5.74, 6) is 0.858. The van der Waals surface area contributed by atoms with Gasteiger partial charge < -0.3 is 15.6 Å². The van der Waals surface area contributed by atoms with Gasteiger partial charge in [0.15, 0.2) is 0 Å². The first-order chi connectivity index (χ1) is 7.11. The third kappa shape index (κ3) is 4.32. The summed E-state index contributed by atoms with van der Waals surface area (Å²) in [5.41, 5.74) is 7.66. The Balaban J connectivity index is 2.43. The first kappa shape index (κ1) is 12.0. The van der Waals surface area contributed by atoms with Gasteiger partial charge in [-0.2, -0.15) is 0 Å². The number of hydrogen-bond acceptors (Lipinski definition) is 3. The first-order valence-electron chi connectivity index (χ1n) is 5.21. The average Bonchev–Trinajstić information content (AvgIpc) is 2.16. The Morgan fingerprint density at radius 1 is 1.27 bits per heavy atom. The van der Waals surface area contributed by atoms with E-state index in [1.165, 1.54) is 11.1 Å². The minimum atomic E-state index is -0.462. The lowest BCUT2D eigenvalue weighted by Gasteiger charge is -2.10.